The summed E-state index contributed by atoms with van der Waals surface area (Å²) < 4.78 is 48.7. The summed E-state index contributed by atoms with van der Waals surface area (Å²) >= 11 is 0.850. The molecular weight excluding hydrogens is 487 g/mol. The number of nitrogens with zero attached hydrogens (tertiary/aromatic N) is 6. The van der Waals surface area contributed by atoms with Crippen molar-refractivity contribution < 1.29 is 27.5 Å². The van der Waals surface area contributed by atoms with Crippen LogP contribution in [0.5, 0.6) is 0 Å². The van der Waals surface area contributed by atoms with Gasteiger partial charge in [-0.3, -0.25) is 9.69 Å². The first-order valence-electron chi connectivity index (χ1n) is 11.0. The Bertz CT molecular complexity index is 1270. The summed E-state index contributed by atoms with van der Waals surface area (Å²) in [5, 5.41) is 7.92. The lowest BCUT2D eigenvalue weighted by Crippen LogP contribution is -2.43. The largest absolute Gasteiger partial charge is 0.446 e. The number of alkyl halides is 3. The molecule has 0 aromatic carbocycles. The normalized spacial score (nSPS) is 16.9. The van der Waals surface area contributed by atoms with E-state index in [1.54, 1.807) is 14.5 Å². The van der Waals surface area contributed by atoms with Crippen molar-refractivity contribution >= 4 is 39.4 Å². The highest BCUT2D eigenvalue weighted by atomic mass is 32.1. The summed E-state index contributed by atoms with van der Waals surface area (Å²) in [4.78, 5) is 36.6. The zero-order valence-corrected chi connectivity index (χ0v) is 19.5. The number of hydrogen-bond acceptors (Lipinski definition) is 8. The van der Waals surface area contributed by atoms with E-state index in [4.69, 9.17) is 4.74 Å². The Morgan fingerprint density at radius 1 is 1.20 bits per heavy atom. The van der Waals surface area contributed by atoms with Crippen molar-refractivity contribution in [1.29, 1.82) is 0 Å². The smallest absolute Gasteiger partial charge is 0.417 e. The van der Waals surface area contributed by atoms with Crippen LogP contribution in [0, 0.1) is 0 Å². The number of amides is 2. The van der Waals surface area contributed by atoms with Crippen LogP contribution in [0.25, 0.3) is 10.2 Å². The first kappa shape index (κ1) is 23.3. The van der Waals surface area contributed by atoms with E-state index in [2.05, 4.69) is 20.4 Å². The maximum Gasteiger partial charge on any atom is 0.417 e. The minimum atomic E-state index is -4.59. The molecule has 0 aliphatic carbocycles. The van der Waals surface area contributed by atoms with E-state index in [0.29, 0.717) is 51.4 Å². The van der Waals surface area contributed by atoms with E-state index in [1.807, 2.05) is 0 Å². The fraction of sp³-hybridized carbons (Fsp3) is 0.476. The number of hydrogen-bond donors (Lipinski definition) is 1. The van der Waals surface area contributed by atoms with Gasteiger partial charge in [0.1, 0.15) is 24.1 Å². The molecule has 0 saturated carbocycles. The summed E-state index contributed by atoms with van der Waals surface area (Å²) in [5.74, 6) is 0.346. The molecule has 1 saturated heterocycles. The number of pyridine rings is 1. The molecular formula is C21H22F3N7O3S. The average molecular weight is 510 g/mol. The fourth-order valence-electron chi connectivity index (χ4n) is 4.30. The van der Waals surface area contributed by atoms with Crippen molar-refractivity contribution in [3.8, 4) is 0 Å². The highest BCUT2D eigenvalue weighted by Gasteiger charge is 2.36. The van der Waals surface area contributed by atoms with Gasteiger partial charge in [0.15, 0.2) is 0 Å². The predicted molar refractivity (Wildman–Crippen MR) is 120 cm³/mol. The van der Waals surface area contributed by atoms with E-state index < -0.39 is 23.7 Å². The van der Waals surface area contributed by atoms with Crippen molar-refractivity contribution in [2.24, 2.45) is 0 Å². The number of fused-ring (bicyclic) bond motifs is 2. The number of ether oxygens (including phenoxy) is 1. The van der Waals surface area contributed by atoms with Crippen molar-refractivity contribution in [2.75, 3.05) is 31.6 Å². The SMILES string of the molecule is CNC(=O)c1csc2c(C(F)(F)F)cc(N3CCC(OC(=O)N4CCn5ncnc5C4)CC3)nc12. The quantitative estimate of drug-likeness (QED) is 0.579. The van der Waals surface area contributed by atoms with Crippen molar-refractivity contribution in [2.45, 2.75) is 38.2 Å². The lowest BCUT2D eigenvalue weighted by Gasteiger charge is -2.34. The van der Waals surface area contributed by atoms with Gasteiger partial charge in [0, 0.05) is 44.9 Å². The minimum absolute atomic E-state index is 0.0330. The Morgan fingerprint density at radius 3 is 2.69 bits per heavy atom. The molecule has 0 radical (unpaired) electrons. The Hall–Kier alpha value is -3.42. The van der Waals surface area contributed by atoms with E-state index >= 15 is 0 Å². The number of thiophene rings is 1. The molecule has 2 aliphatic rings. The maximum absolute atomic E-state index is 13.8. The molecule has 0 bridgehead atoms. The molecule has 186 valence electrons. The Balaban J connectivity index is 1.29. The standard InChI is InChI=1S/C21H22F3N7O3S/c1-25-19(32)13-10-35-18-14(21(22,23)24)8-15(28-17(13)18)29-4-2-12(3-5-29)34-20(33)30-6-7-31-16(9-30)26-11-27-31/h8,10-12H,2-7,9H2,1H3,(H,25,32). The van der Waals surface area contributed by atoms with E-state index in [9.17, 15) is 22.8 Å². The Labute approximate surface area is 201 Å². The molecule has 10 nitrogen and oxygen atoms in total. The Morgan fingerprint density at radius 2 is 1.97 bits per heavy atom. The lowest BCUT2D eigenvalue weighted by atomic mass is 10.1. The Kier molecular flexibility index (Phi) is 5.99. The molecule has 0 spiro atoms. The average Bonchev–Trinajstić information content (AvgIpc) is 3.49. The molecule has 35 heavy (non-hydrogen) atoms. The molecule has 1 N–H and O–H groups in total. The molecule has 2 aliphatic heterocycles. The lowest BCUT2D eigenvalue weighted by molar-refractivity contribution is -0.136. The molecule has 0 atom stereocenters. The second-order valence-electron chi connectivity index (χ2n) is 8.32. The highest BCUT2D eigenvalue weighted by molar-refractivity contribution is 7.17. The number of anilines is 1. The van der Waals surface area contributed by atoms with Crippen LogP contribution in [0.1, 0.15) is 34.6 Å². The maximum atomic E-state index is 13.8. The monoisotopic (exact) mass is 509 g/mol. The van der Waals surface area contributed by atoms with Crippen molar-refractivity contribution in [3.63, 3.8) is 0 Å². The van der Waals surface area contributed by atoms with Crippen LogP contribution in [-0.2, 0) is 24.0 Å². The van der Waals surface area contributed by atoms with Gasteiger partial charge in [0.05, 0.1) is 34.4 Å². The minimum Gasteiger partial charge on any atom is -0.446 e. The van der Waals surface area contributed by atoms with Gasteiger partial charge in [0.2, 0.25) is 0 Å². The number of halogens is 3. The molecule has 14 heteroatoms. The van der Waals surface area contributed by atoms with Crippen LogP contribution in [0.3, 0.4) is 0 Å². The number of rotatable bonds is 3. The van der Waals surface area contributed by atoms with Crippen LogP contribution in [0.4, 0.5) is 23.8 Å². The third kappa shape index (κ3) is 4.49. The second kappa shape index (κ2) is 8.98. The predicted octanol–water partition coefficient (Wildman–Crippen LogP) is 2.89. The third-order valence-electron chi connectivity index (χ3n) is 6.19. The number of carbonyl (C=O) groups excluding carboxylic acids is 2. The van der Waals surface area contributed by atoms with Crippen LogP contribution in [-0.4, -0.2) is 69.4 Å². The zero-order chi connectivity index (χ0) is 24.7. The molecule has 3 aromatic heterocycles. The van der Waals surface area contributed by atoms with Crippen LogP contribution in [0.2, 0.25) is 0 Å². The second-order valence-corrected chi connectivity index (χ2v) is 9.20. The first-order valence-corrected chi connectivity index (χ1v) is 11.9. The summed E-state index contributed by atoms with van der Waals surface area (Å²) in [6.45, 7) is 2.05. The van der Waals surface area contributed by atoms with Crippen LogP contribution in [0.15, 0.2) is 17.8 Å². The zero-order valence-electron chi connectivity index (χ0n) is 18.7. The molecule has 1 fully saturated rings. The van der Waals surface area contributed by atoms with Gasteiger partial charge in [-0.2, -0.15) is 18.3 Å². The van der Waals surface area contributed by atoms with E-state index in [1.165, 1.54) is 18.8 Å². The van der Waals surface area contributed by atoms with Gasteiger partial charge in [-0.05, 0) is 6.07 Å². The van der Waals surface area contributed by atoms with Crippen LogP contribution < -0.4 is 10.2 Å². The summed E-state index contributed by atoms with van der Waals surface area (Å²) in [5.41, 5.74) is -0.671. The van der Waals surface area contributed by atoms with Crippen molar-refractivity contribution in [1.82, 2.24) is 30.0 Å². The summed E-state index contributed by atoms with van der Waals surface area (Å²) in [6.07, 6.45) is -3.04. The van der Waals surface area contributed by atoms with Gasteiger partial charge < -0.3 is 15.0 Å². The molecule has 3 aromatic rings. The summed E-state index contributed by atoms with van der Waals surface area (Å²) in [7, 11) is 1.42. The third-order valence-corrected chi connectivity index (χ3v) is 7.19. The molecule has 2 amide bonds. The number of nitrogens with one attached hydrogen (secondary N) is 1. The highest BCUT2D eigenvalue weighted by Crippen LogP contribution is 2.40. The van der Waals surface area contributed by atoms with Gasteiger partial charge in [-0.25, -0.2) is 19.4 Å². The summed E-state index contributed by atoms with van der Waals surface area (Å²) in [6, 6.07) is 1.03. The molecule has 0 unspecified atom stereocenters. The number of aromatic nitrogens is 4. The van der Waals surface area contributed by atoms with Gasteiger partial charge in [-0.15, -0.1) is 11.3 Å². The molecule has 5 rings (SSSR count). The van der Waals surface area contributed by atoms with Crippen LogP contribution >= 0.6 is 11.3 Å². The van der Waals surface area contributed by atoms with Gasteiger partial charge in [-0.1, -0.05) is 0 Å². The number of carbonyl (C=O) groups is 2. The first-order chi connectivity index (χ1) is 16.7. The van der Waals surface area contributed by atoms with Gasteiger partial charge in [0.25, 0.3) is 5.91 Å². The van der Waals surface area contributed by atoms with E-state index in [-0.39, 0.29) is 27.7 Å². The van der Waals surface area contributed by atoms with Crippen molar-refractivity contribution in [3.05, 3.63) is 34.7 Å². The fourth-order valence-corrected chi connectivity index (χ4v) is 5.33. The van der Waals surface area contributed by atoms with E-state index in [0.717, 1.165) is 17.4 Å². The molecule has 5 heterocycles. The topological polar surface area (TPSA) is 105 Å². The number of piperidine rings is 1. The van der Waals surface area contributed by atoms with Gasteiger partial charge >= 0.3 is 12.3 Å².